The van der Waals surface area contributed by atoms with Crippen LogP contribution in [-0.2, 0) is 0 Å². The molecule has 2 N–H and O–H groups in total. The number of aromatic nitrogens is 3. The summed E-state index contributed by atoms with van der Waals surface area (Å²) < 4.78 is 10.6. The van der Waals surface area contributed by atoms with Crippen LogP contribution in [0.1, 0.15) is 12.8 Å². The first-order valence-corrected chi connectivity index (χ1v) is 6.50. The van der Waals surface area contributed by atoms with Gasteiger partial charge in [-0.25, -0.2) is 0 Å². The molecule has 7 heteroatoms. The molecule has 2 heterocycles. The number of anilines is 3. The maximum Gasteiger partial charge on any atom is 0.244 e. The lowest BCUT2D eigenvalue weighted by molar-refractivity contribution is 0.174. The molecule has 7 nitrogen and oxygen atoms in total. The third kappa shape index (κ3) is 2.29. The van der Waals surface area contributed by atoms with Crippen molar-refractivity contribution < 1.29 is 9.47 Å². The molecule has 0 saturated heterocycles. The summed E-state index contributed by atoms with van der Waals surface area (Å²) in [5.74, 6) is 2.68. The number of fused-ring (bicyclic) bond motifs is 1. The van der Waals surface area contributed by atoms with E-state index in [-0.39, 0.29) is 6.79 Å². The third-order valence-corrected chi connectivity index (χ3v) is 3.11. The molecule has 2 aromatic rings. The average Bonchev–Trinajstić information content (AvgIpc) is 3.14. The number of nitrogens with one attached hydrogen (secondary N) is 2. The molecule has 0 unspecified atom stereocenters. The zero-order valence-electron chi connectivity index (χ0n) is 10.7. The second-order valence-electron chi connectivity index (χ2n) is 4.78. The summed E-state index contributed by atoms with van der Waals surface area (Å²) in [5.41, 5.74) is 0.868. The van der Waals surface area contributed by atoms with Crippen LogP contribution < -0.4 is 20.1 Å². The Balaban J connectivity index is 1.52. The first-order valence-electron chi connectivity index (χ1n) is 6.50. The van der Waals surface area contributed by atoms with E-state index in [2.05, 4.69) is 25.8 Å². The van der Waals surface area contributed by atoms with Gasteiger partial charge >= 0.3 is 0 Å². The van der Waals surface area contributed by atoms with Gasteiger partial charge in [0.2, 0.25) is 12.7 Å². The molecule has 1 fully saturated rings. The molecule has 0 spiro atoms. The molecule has 1 aliphatic carbocycles. The molecule has 4 rings (SSSR count). The maximum absolute atomic E-state index is 5.34. The van der Waals surface area contributed by atoms with Crippen molar-refractivity contribution in [1.82, 2.24) is 15.2 Å². The number of hydrogen-bond donors (Lipinski definition) is 2. The fourth-order valence-electron chi connectivity index (χ4n) is 1.96. The van der Waals surface area contributed by atoms with Crippen molar-refractivity contribution in [2.24, 2.45) is 0 Å². The Kier molecular flexibility index (Phi) is 2.55. The lowest BCUT2D eigenvalue weighted by Gasteiger charge is -2.07. The number of hydrogen-bond acceptors (Lipinski definition) is 7. The fraction of sp³-hybridized carbons (Fsp3) is 0.308. The van der Waals surface area contributed by atoms with Gasteiger partial charge in [-0.2, -0.15) is 10.1 Å². The second-order valence-corrected chi connectivity index (χ2v) is 4.78. The Morgan fingerprint density at radius 1 is 1.15 bits per heavy atom. The second kappa shape index (κ2) is 4.52. The maximum atomic E-state index is 5.34. The summed E-state index contributed by atoms with van der Waals surface area (Å²) in [7, 11) is 0. The number of nitrogens with zero attached hydrogens (tertiary/aromatic N) is 3. The Morgan fingerprint density at radius 2 is 2.05 bits per heavy atom. The van der Waals surface area contributed by atoms with Crippen LogP contribution in [0.2, 0.25) is 0 Å². The monoisotopic (exact) mass is 271 g/mol. The van der Waals surface area contributed by atoms with Gasteiger partial charge in [0.05, 0.1) is 6.20 Å². The van der Waals surface area contributed by atoms with Crippen molar-refractivity contribution in [3.8, 4) is 11.5 Å². The van der Waals surface area contributed by atoms with Gasteiger partial charge in [0.1, 0.15) is 0 Å². The molecule has 1 aliphatic heterocycles. The standard InChI is InChI=1S/C13H13N5O2/c1-2-8(1)16-13-17-12(6-14-18-13)15-9-3-4-10-11(5-9)20-7-19-10/h3-6,8H,1-2,7H2,(H2,15,16,17,18). The van der Waals surface area contributed by atoms with E-state index in [1.54, 1.807) is 6.20 Å². The predicted octanol–water partition coefficient (Wildman–Crippen LogP) is 1.92. The predicted molar refractivity (Wildman–Crippen MR) is 72.3 cm³/mol. The minimum absolute atomic E-state index is 0.267. The van der Waals surface area contributed by atoms with Gasteiger partial charge in [0.15, 0.2) is 17.3 Å². The highest BCUT2D eigenvalue weighted by Gasteiger charge is 2.22. The van der Waals surface area contributed by atoms with Crippen molar-refractivity contribution in [3.05, 3.63) is 24.4 Å². The molecule has 0 bridgehead atoms. The zero-order valence-corrected chi connectivity index (χ0v) is 10.7. The van der Waals surface area contributed by atoms with E-state index in [1.807, 2.05) is 18.2 Å². The van der Waals surface area contributed by atoms with Crippen LogP contribution in [-0.4, -0.2) is 28.0 Å². The lowest BCUT2D eigenvalue weighted by Crippen LogP contribution is -2.07. The van der Waals surface area contributed by atoms with Gasteiger partial charge in [0.25, 0.3) is 0 Å². The first-order chi connectivity index (χ1) is 9.87. The first kappa shape index (κ1) is 11.3. The Hall–Kier alpha value is -2.57. The van der Waals surface area contributed by atoms with Crippen molar-refractivity contribution in [2.45, 2.75) is 18.9 Å². The minimum atomic E-state index is 0.267. The molecule has 2 aliphatic rings. The molecular weight excluding hydrogens is 258 g/mol. The molecule has 1 aromatic carbocycles. The van der Waals surface area contributed by atoms with Crippen LogP contribution in [0.25, 0.3) is 0 Å². The van der Waals surface area contributed by atoms with Gasteiger partial charge in [-0.1, -0.05) is 0 Å². The summed E-state index contributed by atoms with van der Waals surface area (Å²) in [5, 5.41) is 14.3. The molecule has 0 atom stereocenters. The van der Waals surface area contributed by atoms with E-state index in [0.717, 1.165) is 17.2 Å². The van der Waals surface area contributed by atoms with Gasteiger partial charge in [-0.05, 0) is 25.0 Å². The molecule has 0 radical (unpaired) electrons. The van der Waals surface area contributed by atoms with Crippen LogP contribution in [0, 0.1) is 0 Å². The van der Waals surface area contributed by atoms with Crippen molar-refractivity contribution >= 4 is 17.5 Å². The summed E-state index contributed by atoms with van der Waals surface area (Å²) in [4.78, 5) is 4.37. The smallest absolute Gasteiger partial charge is 0.244 e. The third-order valence-electron chi connectivity index (χ3n) is 3.11. The minimum Gasteiger partial charge on any atom is -0.454 e. The highest BCUT2D eigenvalue weighted by Crippen LogP contribution is 2.34. The van der Waals surface area contributed by atoms with Crippen molar-refractivity contribution in [3.63, 3.8) is 0 Å². The number of ether oxygens (including phenoxy) is 2. The Bertz CT molecular complexity index is 644. The Labute approximate surface area is 115 Å². The summed E-state index contributed by atoms with van der Waals surface area (Å²) in [6.45, 7) is 0.267. The van der Waals surface area contributed by atoms with Crippen LogP contribution >= 0.6 is 0 Å². The van der Waals surface area contributed by atoms with Gasteiger partial charge in [-0.3, -0.25) is 0 Å². The zero-order chi connectivity index (χ0) is 13.4. The topological polar surface area (TPSA) is 81.2 Å². The van der Waals surface area contributed by atoms with E-state index in [9.17, 15) is 0 Å². The fourth-order valence-corrected chi connectivity index (χ4v) is 1.96. The molecule has 1 saturated carbocycles. The summed E-state index contributed by atoms with van der Waals surface area (Å²) >= 11 is 0. The summed E-state index contributed by atoms with van der Waals surface area (Å²) in [6.07, 6.45) is 3.93. The Morgan fingerprint density at radius 3 is 2.95 bits per heavy atom. The van der Waals surface area contributed by atoms with Crippen LogP contribution in [0.3, 0.4) is 0 Å². The largest absolute Gasteiger partial charge is 0.454 e. The van der Waals surface area contributed by atoms with E-state index < -0.39 is 0 Å². The van der Waals surface area contributed by atoms with E-state index in [0.29, 0.717) is 17.8 Å². The van der Waals surface area contributed by atoms with Gasteiger partial charge < -0.3 is 20.1 Å². The van der Waals surface area contributed by atoms with Crippen molar-refractivity contribution in [1.29, 1.82) is 0 Å². The van der Waals surface area contributed by atoms with Crippen LogP contribution in [0.15, 0.2) is 24.4 Å². The molecule has 102 valence electrons. The summed E-state index contributed by atoms with van der Waals surface area (Å²) in [6, 6.07) is 6.14. The molecule has 0 amide bonds. The normalized spacial score (nSPS) is 16.0. The quantitative estimate of drug-likeness (QED) is 0.879. The molecular formula is C13H13N5O2. The van der Waals surface area contributed by atoms with Crippen LogP contribution in [0.5, 0.6) is 11.5 Å². The average molecular weight is 271 g/mol. The van der Waals surface area contributed by atoms with E-state index >= 15 is 0 Å². The van der Waals surface area contributed by atoms with Gasteiger partial charge in [-0.15, -0.1) is 5.10 Å². The van der Waals surface area contributed by atoms with Crippen LogP contribution in [0.4, 0.5) is 17.5 Å². The van der Waals surface area contributed by atoms with Crippen molar-refractivity contribution in [2.75, 3.05) is 17.4 Å². The SMILES string of the molecule is c1cc2c(cc1Nc1cnnc(NC3CC3)n1)OCO2. The molecule has 20 heavy (non-hydrogen) atoms. The van der Waals surface area contributed by atoms with Gasteiger partial charge in [0, 0.05) is 17.8 Å². The highest BCUT2D eigenvalue weighted by molar-refractivity contribution is 5.61. The number of benzene rings is 1. The van der Waals surface area contributed by atoms with E-state index in [4.69, 9.17) is 9.47 Å². The highest BCUT2D eigenvalue weighted by atomic mass is 16.7. The molecule has 1 aromatic heterocycles. The van der Waals surface area contributed by atoms with E-state index in [1.165, 1.54) is 12.8 Å². The lowest BCUT2D eigenvalue weighted by atomic mass is 10.3. The number of rotatable bonds is 4.